The van der Waals surface area contributed by atoms with E-state index in [1.165, 1.54) is 0 Å². The maximum absolute atomic E-state index is 12.5. The minimum absolute atomic E-state index is 0.0418. The first-order valence-electron chi connectivity index (χ1n) is 7.94. The lowest BCUT2D eigenvalue weighted by Crippen LogP contribution is -3.12. The first-order valence-corrected chi connectivity index (χ1v) is 7.94. The van der Waals surface area contributed by atoms with Gasteiger partial charge >= 0.3 is 0 Å². The molecule has 5 nitrogen and oxygen atoms in total. The molecule has 0 saturated carbocycles. The van der Waals surface area contributed by atoms with Crippen molar-refractivity contribution in [2.45, 2.75) is 19.5 Å². The minimum atomic E-state index is -0.207. The fourth-order valence-electron chi connectivity index (χ4n) is 2.47. The molecule has 2 aromatic rings. The monoisotopic (exact) mass is 329 g/mol. The summed E-state index contributed by atoms with van der Waals surface area (Å²) >= 11 is 0. The van der Waals surface area contributed by atoms with Gasteiger partial charge in [0.05, 0.1) is 27.0 Å². The fourth-order valence-corrected chi connectivity index (χ4v) is 2.47. The van der Waals surface area contributed by atoms with Crippen molar-refractivity contribution in [2.24, 2.45) is 0 Å². The van der Waals surface area contributed by atoms with Crippen LogP contribution in [0.3, 0.4) is 0 Å². The number of benzene rings is 2. The third-order valence-electron chi connectivity index (χ3n) is 4.11. The van der Waals surface area contributed by atoms with Gasteiger partial charge in [0.2, 0.25) is 0 Å². The third-order valence-corrected chi connectivity index (χ3v) is 4.11. The second-order valence-corrected chi connectivity index (χ2v) is 5.79. The highest BCUT2D eigenvalue weighted by molar-refractivity contribution is 5.94. The molecule has 0 spiro atoms. The molecule has 5 heteroatoms. The number of hydrogen-bond donors (Lipinski definition) is 2. The lowest BCUT2D eigenvalue weighted by molar-refractivity contribution is -0.907. The van der Waals surface area contributed by atoms with Gasteiger partial charge < -0.3 is 19.7 Å². The van der Waals surface area contributed by atoms with Gasteiger partial charge in [-0.05, 0) is 31.2 Å². The number of amides is 1. The number of anilines is 1. The van der Waals surface area contributed by atoms with E-state index in [4.69, 9.17) is 9.47 Å². The summed E-state index contributed by atoms with van der Waals surface area (Å²) in [5, 5.41) is 2.94. The maximum Gasteiger partial charge on any atom is 0.282 e. The van der Waals surface area contributed by atoms with E-state index in [9.17, 15) is 4.79 Å². The number of rotatable bonds is 7. The van der Waals surface area contributed by atoms with Gasteiger partial charge in [-0.1, -0.05) is 24.3 Å². The van der Waals surface area contributed by atoms with Crippen LogP contribution in [0, 0.1) is 0 Å². The number of para-hydroxylation sites is 2. The highest BCUT2D eigenvalue weighted by Crippen LogP contribution is 2.22. The Hall–Kier alpha value is -2.53. The summed E-state index contributed by atoms with van der Waals surface area (Å²) in [6.45, 7) is 2.65. The standard InChI is InChI=1S/C19H24N2O3/c1-14(19(22)20-17-10-5-6-11-18(17)24-4)21(2)13-15-8-7-9-16(12-15)23-3/h5-12,14H,13H2,1-4H3,(H,20,22)/p+1/t14-/m1/s1. The van der Waals surface area contributed by atoms with Gasteiger partial charge in [0, 0.05) is 5.56 Å². The first-order chi connectivity index (χ1) is 11.5. The molecule has 1 unspecified atom stereocenters. The van der Waals surface area contributed by atoms with Crippen molar-refractivity contribution in [1.82, 2.24) is 0 Å². The quantitative estimate of drug-likeness (QED) is 0.814. The van der Waals surface area contributed by atoms with Gasteiger partial charge in [0.25, 0.3) is 5.91 Å². The van der Waals surface area contributed by atoms with Gasteiger partial charge in [-0.15, -0.1) is 0 Å². The Labute approximate surface area is 143 Å². The average Bonchev–Trinajstić information content (AvgIpc) is 2.61. The van der Waals surface area contributed by atoms with Crippen LogP contribution in [0.2, 0.25) is 0 Å². The first kappa shape index (κ1) is 17.8. The summed E-state index contributed by atoms with van der Waals surface area (Å²) in [4.78, 5) is 13.6. The summed E-state index contributed by atoms with van der Waals surface area (Å²) in [7, 11) is 5.25. The molecule has 0 aliphatic rings. The number of likely N-dealkylation sites (N-methyl/N-ethyl adjacent to an activating group) is 1. The van der Waals surface area contributed by atoms with E-state index < -0.39 is 0 Å². The Morgan fingerprint density at radius 3 is 2.58 bits per heavy atom. The zero-order valence-electron chi connectivity index (χ0n) is 14.6. The van der Waals surface area contributed by atoms with E-state index in [1.54, 1.807) is 14.2 Å². The normalized spacial score (nSPS) is 13.0. The molecule has 2 rings (SSSR count). The van der Waals surface area contributed by atoms with Crippen LogP contribution >= 0.6 is 0 Å². The molecule has 0 aliphatic heterocycles. The Bertz CT molecular complexity index is 688. The van der Waals surface area contributed by atoms with Gasteiger partial charge in [-0.2, -0.15) is 0 Å². The minimum Gasteiger partial charge on any atom is -0.497 e. The molecular weight excluding hydrogens is 304 g/mol. The molecule has 0 heterocycles. The van der Waals surface area contributed by atoms with E-state index in [0.717, 1.165) is 22.8 Å². The summed E-state index contributed by atoms with van der Waals surface area (Å²) in [5.74, 6) is 1.44. The Balaban J connectivity index is 2.01. The molecule has 0 bridgehead atoms. The Morgan fingerprint density at radius 2 is 1.88 bits per heavy atom. The topological polar surface area (TPSA) is 52.0 Å². The van der Waals surface area contributed by atoms with Crippen molar-refractivity contribution in [1.29, 1.82) is 0 Å². The highest BCUT2D eigenvalue weighted by atomic mass is 16.5. The van der Waals surface area contributed by atoms with Crippen LogP contribution < -0.4 is 19.7 Å². The van der Waals surface area contributed by atoms with Crippen LogP contribution in [-0.2, 0) is 11.3 Å². The van der Waals surface area contributed by atoms with Crippen molar-refractivity contribution in [2.75, 3.05) is 26.6 Å². The predicted octanol–water partition coefficient (Wildman–Crippen LogP) is 1.75. The van der Waals surface area contributed by atoms with Gasteiger partial charge in [0.1, 0.15) is 18.0 Å². The second-order valence-electron chi connectivity index (χ2n) is 5.79. The van der Waals surface area contributed by atoms with Crippen molar-refractivity contribution in [3.05, 3.63) is 54.1 Å². The average molecular weight is 329 g/mol. The van der Waals surface area contributed by atoms with E-state index in [0.29, 0.717) is 11.4 Å². The van der Waals surface area contributed by atoms with Gasteiger partial charge in [-0.25, -0.2) is 0 Å². The SMILES string of the molecule is COc1cccc(C[NH+](C)[C@H](C)C(=O)Nc2ccccc2OC)c1. The van der Waals surface area contributed by atoms with E-state index in [-0.39, 0.29) is 11.9 Å². The molecule has 24 heavy (non-hydrogen) atoms. The molecule has 2 N–H and O–H groups in total. The Morgan fingerprint density at radius 1 is 1.12 bits per heavy atom. The summed E-state index contributed by atoms with van der Waals surface area (Å²) in [6, 6.07) is 15.1. The molecular formula is C19H25N2O3+. The predicted molar refractivity (Wildman–Crippen MR) is 94.7 cm³/mol. The number of quaternary nitrogens is 1. The lowest BCUT2D eigenvalue weighted by atomic mass is 10.1. The van der Waals surface area contributed by atoms with Gasteiger partial charge in [0.15, 0.2) is 6.04 Å². The molecule has 0 aromatic heterocycles. The zero-order chi connectivity index (χ0) is 17.5. The van der Waals surface area contributed by atoms with Crippen LogP contribution in [0.5, 0.6) is 11.5 Å². The number of ether oxygens (including phenoxy) is 2. The molecule has 0 aliphatic carbocycles. The third kappa shape index (κ3) is 4.49. The summed E-state index contributed by atoms with van der Waals surface area (Å²) in [5.41, 5.74) is 1.81. The van der Waals surface area contributed by atoms with Crippen molar-refractivity contribution >= 4 is 11.6 Å². The van der Waals surface area contributed by atoms with Crippen LogP contribution in [0.25, 0.3) is 0 Å². The maximum atomic E-state index is 12.5. The van der Waals surface area contributed by atoms with Crippen molar-refractivity contribution in [3.63, 3.8) is 0 Å². The number of nitrogens with one attached hydrogen (secondary N) is 2. The summed E-state index contributed by atoms with van der Waals surface area (Å²) < 4.78 is 10.5. The van der Waals surface area contributed by atoms with E-state index in [1.807, 2.05) is 62.5 Å². The van der Waals surface area contributed by atoms with Crippen LogP contribution in [0.1, 0.15) is 12.5 Å². The molecule has 2 aromatic carbocycles. The van der Waals surface area contributed by atoms with Gasteiger partial charge in [-0.3, -0.25) is 4.79 Å². The van der Waals surface area contributed by atoms with Crippen molar-refractivity contribution in [3.8, 4) is 11.5 Å². The van der Waals surface area contributed by atoms with Crippen LogP contribution in [0.4, 0.5) is 5.69 Å². The number of carbonyl (C=O) groups is 1. The summed E-state index contributed by atoms with van der Waals surface area (Å²) in [6.07, 6.45) is 0. The van der Waals surface area contributed by atoms with E-state index >= 15 is 0 Å². The lowest BCUT2D eigenvalue weighted by Gasteiger charge is -2.21. The van der Waals surface area contributed by atoms with Crippen LogP contribution in [0.15, 0.2) is 48.5 Å². The van der Waals surface area contributed by atoms with E-state index in [2.05, 4.69) is 5.32 Å². The zero-order valence-corrected chi connectivity index (χ0v) is 14.6. The van der Waals surface area contributed by atoms with Crippen molar-refractivity contribution < 1.29 is 19.2 Å². The second kappa shape index (κ2) is 8.36. The smallest absolute Gasteiger partial charge is 0.282 e. The molecule has 0 radical (unpaired) electrons. The largest absolute Gasteiger partial charge is 0.497 e. The molecule has 1 amide bonds. The fraction of sp³-hybridized carbons (Fsp3) is 0.316. The Kier molecular flexibility index (Phi) is 6.21. The molecule has 0 saturated heterocycles. The molecule has 0 fully saturated rings. The molecule has 2 atom stereocenters. The number of carbonyl (C=O) groups excluding carboxylic acids is 1. The highest BCUT2D eigenvalue weighted by Gasteiger charge is 2.23. The number of methoxy groups -OCH3 is 2. The van der Waals surface area contributed by atoms with Crippen LogP contribution in [-0.4, -0.2) is 33.2 Å². The number of hydrogen-bond acceptors (Lipinski definition) is 3. The molecule has 128 valence electrons.